The number of thioether (sulfide) groups is 1. The van der Waals surface area contributed by atoms with Crippen LogP contribution in [0.5, 0.6) is 0 Å². The lowest BCUT2D eigenvalue weighted by atomic mass is 9.93. The third kappa shape index (κ3) is 3.31. The van der Waals surface area contributed by atoms with Crippen LogP contribution in [-0.2, 0) is 10.5 Å². The number of fused-ring (bicyclic) bond motifs is 1. The number of hydrogen-bond acceptors (Lipinski definition) is 2. The molecule has 2 aromatic carbocycles. The van der Waals surface area contributed by atoms with Crippen molar-refractivity contribution in [3.63, 3.8) is 0 Å². The van der Waals surface area contributed by atoms with Gasteiger partial charge in [-0.25, -0.2) is 0 Å². The molecular formula is C21H22N2OS. The maximum atomic E-state index is 12.2. The molecule has 4 rings (SSSR count). The summed E-state index contributed by atoms with van der Waals surface area (Å²) in [6, 6.07) is 21.3. The molecule has 0 aliphatic carbocycles. The van der Waals surface area contributed by atoms with Crippen molar-refractivity contribution in [2.75, 3.05) is 12.8 Å². The molecule has 0 spiro atoms. The Balaban J connectivity index is 1.44. The van der Waals surface area contributed by atoms with Crippen LogP contribution < -0.4 is 0 Å². The fourth-order valence-electron chi connectivity index (χ4n) is 3.69. The van der Waals surface area contributed by atoms with Crippen LogP contribution in [0, 0.1) is 0 Å². The van der Waals surface area contributed by atoms with Crippen LogP contribution in [0.2, 0.25) is 0 Å². The number of aromatic nitrogens is 1. The number of likely N-dealkylation sites (N-methyl/N-ethyl adjacent to an activating group) is 1. The van der Waals surface area contributed by atoms with Crippen LogP contribution in [0.1, 0.15) is 23.6 Å². The Morgan fingerprint density at radius 3 is 2.68 bits per heavy atom. The predicted octanol–water partition coefficient (Wildman–Crippen LogP) is 4.42. The Kier molecular flexibility index (Phi) is 4.53. The van der Waals surface area contributed by atoms with Crippen LogP contribution in [0.15, 0.2) is 60.7 Å². The van der Waals surface area contributed by atoms with Gasteiger partial charge in [0.25, 0.3) is 0 Å². The first-order chi connectivity index (χ1) is 12.2. The molecule has 3 nitrogen and oxygen atoms in total. The maximum Gasteiger partial charge on any atom is 0.223 e. The van der Waals surface area contributed by atoms with Crippen molar-refractivity contribution >= 4 is 28.6 Å². The minimum Gasteiger partial charge on any atom is -0.358 e. The summed E-state index contributed by atoms with van der Waals surface area (Å²) in [7, 11) is 1.94. The lowest BCUT2D eigenvalue weighted by Crippen LogP contribution is -2.33. The summed E-state index contributed by atoms with van der Waals surface area (Å²) in [5, 5.41) is 1.26. The maximum absolute atomic E-state index is 12.2. The van der Waals surface area contributed by atoms with E-state index in [4.69, 9.17) is 0 Å². The number of hydrogen-bond donors (Lipinski definition) is 1. The highest BCUT2D eigenvalue weighted by molar-refractivity contribution is 7.98. The van der Waals surface area contributed by atoms with Gasteiger partial charge in [-0.15, -0.1) is 0 Å². The Morgan fingerprint density at radius 2 is 1.88 bits per heavy atom. The van der Waals surface area contributed by atoms with Crippen LogP contribution in [0.25, 0.3) is 10.9 Å². The van der Waals surface area contributed by atoms with Gasteiger partial charge in [0, 0.05) is 48.1 Å². The normalized spacial score (nSPS) is 20.5. The summed E-state index contributed by atoms with van der Waals surface area (Å²) in [4.78, 5) is 17.7. The Morgan fingerprint density at radius 1 is 1.12 bits per heavy atom. The number of rotatable bonds is 5. The van der Waals surface area contributed by atoms with Crippen molar-refractivity contribution < 1.29 is 4.79 Å². The molecule has 3 aromatic rings. The second-order valence-corrected chi connectivity index (χ2v) is 7.72. The molecule has 2 atom stereocenters. The monoisotopic (exact) mass is 350 g/mol. The third-order valence-electron chi connectivity index (χ3n) is 5.11. The minimum absolute atomic E-state index is 0.255. The van der Waals surface area contributed by atoms with Crippen LogP contribution >= 0.6 is 11.8 Å². The highest BCUT2D eigenvalue weighted by atomic mass is 32.2. The van der Waals surface area contributed by atoms with Gasteiger partial charge in [-0.2, -0.15) is 11.8 Å². The van der Waals surface area contributed by atoms with Gasteiger partial charge in [-0.05, 0) is 23.1 Å². The third-order valence-corrected chi connectivity index (χ3v) is 6.20. The smallest absolute Gasteiger partial charge is 0.223 e. The predicted molar refractivity (Wildman–Crippen MR) is 105 cm³/mol. The number of para-hydroxylation sites is 1. The first-order valence-electron chi connectivity index (χ1n) is 8.67. The topological polar surface area (TPSA) is 36.1 Å². The average molecular weight is 350 g/mol. The summed E-state index contributed by atoms with van der Waals surface area (Å²) in [6.07, 6.45) is 0.623. The van der Waals surface area contributed by atoms with E-state index in [1.165, 1.54) is 22.2 Å². The number of H-pyrrole nitrogens is 1. The average Bonchev–Trinajstić information content (AvgIpc) is 3.18. The fourth-order valence-corrected chi connectivity index (χ4v) is 4.88. The van der Waals surface area contributed by atoms with E-state index in [1.54, 1.807) is 0 Å². The van der Waals surface area contributed by atoms with Gasteiger partial charge in [0.05, 0.1) is 0 Å². The fraction of sp³-hybridized carbons (Fsp3) is 0.286. The second-order valence-electron chi connectivity index (χ2n) is 6.69. The van der Waals surface area contributed by atoms with Crippen molar-refractivity contribution in [3.8, 4) is 0 Å². The number of nitrogens with one attached hydrogen (secondary N) is 1. The number of carbonyl (C=O) groups excluding carboxylic acids is 1. The summed E-state index contributed by atoms with van der Waals surface area (Å²) in [6.45, 7) is 0. The van der Waals surface area contributed by atoms with E-state index in [0.29, 0.717) is 12.3 Å². The summed E-state index contributed by atoms with van der Waals surface area (Å²) < 4.78 is 0. The molecule has 1 fully saturated rings. The zero-order valence-corrected chi connectivity index (χ0v) is 15.1. The Bertz CT molecular complexity index is 841. The summed E-state index contributed by atoms with van der Waals surface area (Å²) >= 11 is 1.90. The molecule has 1 aliphatic heterocycles. The van der Waals surface area contributed by atoms with E-state index in [1.807, 2.05) is 29.8 Å². The number of carbonyl (C=O) groups is 1. The lowest BCUT2D eigenvalue weighted by molar-refractivity contribution is -0.127. The molecule has 0 bridgehead atoms. The van der Waals surface area contributed by atoms with Gasteiger partial charge < -0.3 is 9.88 Å². The van der Waals surface area contributed by atoms with E-state index < -0.39 is 0 Å². The molecule has 1 aromatic heterocycles. The van der Waals surface area contributed by atoms with Gasteiger partial charge >= 0.3 is 0 Å². The van der Waals surface area contributed by atoms with E-state index in [9.17, 15) is 4.79 Å². The Hall–Kier alpha value is -2.20. The lowest BCUT2D eigenvalue weighted by Gasteiger charge is -2.25. The molecule has 1 N–H and O–H groups in total. The number of benzene rings is 2. The molecule has 0 unspecified atom stereocenters. The molecule has 1 saturated heterocycles. The van der Waals surface area contributed by atoms with Gasteiger partial charge in [0.2, 0.25) is 5.91 Å². The van der Waals surface area contributed by atoms with E-state index in [2.05, 4.69) is 59.6 Å². The Labute approximate surface area is 152 Å². The first kappa shape index (κ1) is 16.3. The molecule has 1 amide bonds. The van der Waals surface area contributed by atoms with Gasteiger partial charge in [-0.1, -0.05) is 48.5 Å². The standard InChI is InChI=1S/C21H22N2OS/c1-23-20(18(12-21(23)24)15-7-3-2-4-8-15)14-25-13-17-11-16-9-5-6-10-19(16)22-17/h2-11,18,20,22H,12-14H2,1H3/t18-,20+/m1/s1. The largest absolute Gasteiger partial charge is 0.358 e. The van der Waals surface area contributed by atoms with Gasteiger partial charge in [0.1, 0.15) is 0 Å². The molecule has 128 valence electrons. The molecule has 25 heavy (non-hydrogen) atoms. The van der Waals surface area contributed by atoms with Crippen molar-refractivity contribution in [2.45, 2.75) is 24.1 Å². The van der Waals surface area contributed by atoms with Gasteiger partial charge in [-0.3, -0.25) is 4.79 Å². The number of nitrogens with zero attached hydrogens (tertiary/aromatic N) is 1. The van der Waals surface area contributed by atoms with Crippen LogP contribution in [-0.4, -0.2) is 34.6 Å². The highest BCUT2D eigenvalue weighted by Gasteiger charge is 2.37. The van der Waals surface area contributed by atoms with E-state index in [-0.39, 0.29) is 11.9 Å². The summed E-state index contributed by atoms with van der Waals surface area (Å²) in [5.41, 5.74) is 3.71. The van der Waals surface area contributed by atoms with E-state index in [0.717, 1.165) is 11.5 Å². The van der Waals surface area contributed by atoms with Crippen LogP contribution in [0.3, 0.4) is 0 Å². The number of amides is 1. The molecule has 0 saturated carbocycles. The van der Waals surface area contributed by atoms with Crippen molar-refractivity contribution in [1.29, 1.82) is 0 Å². The van der Waals surface area contributed by atoms with Crippen LogP contribution in [0.4, 0.5) is 0 Å². The highest BCUT2D eigenvalue weighted by Crippen LogP contribution is 2.35. The number of likely N-dealkylation sites (tertiary alicyclic amines) is 1. The molecule has 0 radical (unpaired) electrons. The molecular weight excluding hydrogens is 328 g/mol. The minimum atomic E-state index is 0.255. The van der Waals surface area contributed by atoms with Crippen molar-refractivity contribution in [2.24, 2.45) is 0 Å². The van der Waals surface area contributed by atoms with Crippen molar-refractivity contribution in [1.82, 2.24) is 9.88 Å². The number of aromatic amines is 1. The first-order valence-corrected chi connectivity index (χ1v) is 9.83. The molecule has 4 heteroatoms. The second kappa shape index (κ2) is 6.96. The van der Waals surface area contributed by atoms with Gasteiger partial charge in [0.15, 0.2) is 0 Å². The summed E-state index contributed by atoms with van der Waals surface area (Å²) in [5.74, 6) is 2.45. The zero-order valence-electron chi connectivity index (χ0n) is 14.3. The van der Waals surface area contributed by atoms with Crippen molar-refractivity contribution in [3.05, 3.63) is 71.9 Å². The molecule has 1 aliphatic rings. The zero-order chi connectivity index (χ0) is 17.2. The SMILES string of the molecule is CN1C(=O)C[C@H](c2ccccc2)[C@@H]1CSCc1cc2ccccc2[nH]1. The quantitative estimate of drug-likeness (QED) is 0.740. The molecule has 2 heterocycles. The van der Waals surface area contributed by atoms with E-state index >= 15 is 0 Å².